The number of carbonyl (C=O) groups excluding carboxylic acids is 2. The van der Waals surface area contributed by atoms with Crippen LogP contribution in [0.1, 0.15) is 45.1 Å². The lowest BCUT2D eigenvalue weighted by Crippen LogP contribution is -2.53. The van der Waals surface area contributed by atoms with Crippen molar-refractivity contribution in [3.63, 3.8) is 0 Å². The number of carboxylic acid groups (broad SMARTS) is 1. The van der Waals surface area contributed by atoms with Crippen LogP contribution >= 0.6 is 0 Å². The summed E-state index contributed by atoms with van der Waals surface area (Å²) in [6.07, 6.45) is 3.27. The number of carboxylic acids is 1. The number of nitrogens with zero attached hydrogens (tertiary/aromatic N) is 1. The molecule has 0 spiro atoms. The molecule has 1 aromatic rings. The summed E-state index contributed by atoms with van der Waals surface area (Å²) in [6, 6.07) is 8.48. The van der Waals surface area contributed by atoms with Crippen LogP contribution in [0.2, 0.25) is 0 Å². The standard InChI is InChI=1S/C21H30N2O5/c1-3-28-21(27)18(13-12-16-9-5-4-6-10-16)22-17-11-7-8-15(2)23(20(17)26)14-19(24)25/h4-6,9-10,15,17-18,22H,3,7-8,11-14H2,1-2H3,(H,24,25)/t15-,17+,18+/m1/s1. The summed E-state index contributed by atoms with van der Waals surface area (Å²) in [5, 5.41) is 12.3. The zero-order valence-corrected chi connectivity index (χ0v) is 16.6. The Bertz CT molecular complexity index is 664. The number of hydrogen-bond donors (Lipinski definition) is 2. The average molecular weight is 390 g/mol. The second-order valence-electron chi connectivity index (χ2n) is 7.19. The number of nitrogens with one attached hydrogen (secondary N) is 1. The third-order valence-electron chi connectivity index (χ3n) is 5.07. The first-order chi connectivity index (χ1) is 13.4. The zero-order valence-electron chi connectivity index (χ0n) is 16.6. The smallest absolute Gasteiger partial charge is 0.323 e. The number of amides is 1. The van der Waals surface area contributed by atoms with Gasteiger partial charge in [-0.2, -0.15) is 0 Å². The maximum absolute atomic E-state index is 12.9. The van der Waals surface area contributed by atoms with E-state index in [4.69, 9.17) is 9.84 Å². The summed E-state index contributed by atoms with van der Waals surface area (Å²) < 4.78 is 5.19. The fraction of sp³-hybridized carbons (Fsp3) is 0.571. The number of hydrogen-bond acceptors (Lipinski definition) is 5. The van der Waals surface area contributed by atoms with Crippen LogP contribution in [0, 0.1) is 0 Å². The Hall–Kier alpha value is -2.41. The van der Waals surface area contributed by atoms with E-state index in [9.17, 15) is 14.4 Å². The molecule has 1 aliphatic rings. The number of rotatable bonds is 9. The number of likely N-dealkylation sites (tertiary alicyclic amines) is 1. The summed E-state index contributed by atoms with van der Waals surface area (Å²) in [5.41, 5.74) is 1.10. The Morgan fingerprint density at radius 1 is 1.29 bits per heavy atom. The molecule has 1 amide bonds. The first-order valence-corrected chi connectivity index (χ1v) is 9.91. The number of aliphatic carboxylic acids is 1. The lowest BCUT2D eigenvalue weighted by molar-refractivity contribution is -0.149. The monoisotopic (exact) mass is 390 g/mol. The van der Waals surface area contributed by atoms with Gasteiger partial charge in [0.1, 0.15) is 12.6 Å². The Labute approximate surface area is 166 Å². The Kier molecular flexibility index (Phi) is 8.44. The van der Waals surface area contributed by atoms with Crippen LogP contribution in [0.4, 0.5) is 0 Å². The van der Waals surface area contributed by atoms with Crippen molar-refractivity contribution in [2.24, 2.45) is 0 Å². The van der Waals surface area contributed by atoms with Crippen LogP contribution in [0.15, 0.2) is 30.3 Å². The molecule has 1 saturated heterocycles. The maximum atomic E-state index is 12.9. The number of aryl methyl sites for hydroxylation is 1. The van der Waals surface area contributed by atoms with E-state index in [2.05, 4.69) is 5.32 Å². The molecule has 7 nitrogen and oxygen atoms in total. The van der Waals surface area contributed by atoms with Crippen LogP contribution < -0.4 is 5.32 Å². The summed E-state index contributed by atoms with van der Waals surface area (Å²) in [6.45, 7) is 3.55. The van der Waals surface area contributed by atoms with Crippen molar-refractivity contribution in [1.82, 2.24) is 10.2 Å². The molecule has 1 aliphatic heterocycles. The van der Waals surface area contributed by atoms with Crippen LogP contribution in [0.25, 0.3) is 0 Å². The highest BCUT2D eigenvalue weighted by atomic mass is 16.5. The SMILES string of the molecule is CCOC(=O)[C@H](CCc1ccccc1)N[C@H]1CCC[C@@H](C)N(CC(=O)O)C1=O. The molecule has 1 aromatic carbocycles. The van der Waals surface area contributed by atoms with Crippen molar-refractivity contribution in [1.29, 1.82) is 0 Å². The first kappa shape index (κ1) is 21.9. The van der Waals surface area contributed by atoms with Crippen molar-refractivity contribution >= 4 is 17.8 Å². The lowest BCUT2D eigenvalue weighted by atomic mass is 10.0. The molecule has 154 valence electrons. The Morgan fingerprint density at radius 3 is 2.64 bits per heavy atom. The minimum absolute atomic E-state index is 0.138. The molecule has 2 rings (SSSR count). The minimum atomic E-state index is -1.04. The molecule has 0 unspecified atom stereocenters. The van der Waals surface area contributed by atoms with Gasteiger partial charge in [-0.3, -0.25) is 19.7 Å². The van der Waals surface area contributed by atoms with Crippen LogP contribution in [0.5, 0.6) is 0 Å². The molecule has 2 N–H and O–H groups in total. The van der Waals surface area contributed by atoms with Gasteiger partial charge >= 0.3 is 11.9 Å². The van der Waals surface area contributed by atoms with E-state index < -0.39 is 18.1 Å². The van der Waals surface area contributed by atoms with E-state index in [1.165, 1.54) is 4.90 Å². The normalized spacial score (nSPS) is 21.1. The molecule has 1 heterocycles. The van der Waals surface area contributed by atoms with Gasteiger partial charge in [0, 0.05) is 6.04 Å². The summed E-state index contributed by atoms with van der Waals surface area (Å²) in [4.78, 5) is 37.9. The third-order valence-corrected chi connectivity index (χ3v) is 5.07. The number of benzene rings is 1. The first-order valence-electron chi connectivity index (χ1n) is 9.91. The highest BCUT2D eigenvalue weighted by Gasteiger charge is 2.34. The van der Waals surface area contributed by atoms with E-state index >= 15 is 0 Å². The summed E-state index contributed by atoms with van der Waals surface area (Å²) in [7, 11) is 0. The lowest BCUT2D eigenvalue weighted by Gasteiger charge is -2.29. The van der Waals surface area contributed by atoms with Gasteiger partial charge in [0.05, 0.1) is 12.6 Å². The molecule has 0 aromatic heterocycles. The third kappa shape index (κ3) is 6.34. The zero-order chi connectivity index (χ0) is 20.5. The van der Waals surface area contributed by atoms with E-state index in [1.807, 2.05) is 37.3 Å². The van der Waals surface area contributed by atoms with Crippen molar-refractivity contribution in [2.45, 2.75) is 64.1 Å². The van der Waals surface area contributed by atoms with Gasteiger partial charge < -0.3 is 14.7 Å². The summed E-state index contributed by atoms with van der Waals surface area (Å²) >= 11 is 0. The van der Waals surface area contributed by atoms with E-state index in [0.717, 1.165) is 18.4 Å². The van der Waals surface area contributed by atoms with E-state index in [0.29, 0.717) is 19.3 Å². The molecule has 1 fully saturated rings. The fourth-order valence-corrected chi connectivity index (χ4v) is 3.56. The van der Waals surface area contributed by atoms with Crippen molar-refractivity contribution < 1.29 is 24.2 Å². The molecule has 0 radical (unpaired) electrons. The highest BCUT2D eigenvalue weighted by molar-refractivity contribution is 5.86. The van der Waals surface area contributed by atoms with Crippen LogP contribution in [-0.4, -0.2) is 59.1 Å². The fourth-order valence-electron chi connectivity index (χ4n) is 3.56. The number of ether oxygens (including phenoxy) is 1. The maximum Gasteiger partial charge on any atom is 0.323 e. The van der Waals surface area contributed by atoms with Crippen molar-refractivity contribution in [3.8, 4) is 0 Å². The molecule has 0 aliphatic carbocycles. The van der Waals surface area contributed by atoms with Crippen LogP contribution in [-0.2, 0) is 25.5 Å². The van der Waals surface area contributed by atoms with Gasteiger partial charge in [0.25, 0.3) is 0 Å². The minimum Gasteiger partial charge on any atom is -0.480 e. The van der Waals surface area contributed by atoms with Gasteiger partial charge in [-0.25, -0.2) is 0 Å². The largest absolute Gasteiger partial charge is 0.480 e. The molecular formula is C21H30N2O5. The Morgan fingerprint density at radius 2 is 2.00 bits per heavy atom. The topological polar surface area (TPSA) is 95.9 Å². The molecule has 0 saturated carbocycles. The van der Waals surface area contributed by atoms with Crippen molar-refractivity contribution in [3.05, 3.63) is 35.9 Å². The average Bonchev–Trinajstić information content (AvgIpc) is 2.79. The van der Waals surface area contributed by atoms with Gasteiger partial charge in [-0.1, -0.05) is 30.3 Å². The highest BCUT2D eigenvalue weighted by Crippen LogP contribution is 2.19. The molecular weight excluding hydrogens is 360 g/mol. The van der Waals surface area contributed by atoms with E-state index in [1.54, 1.807) is 6.92 Å². The predicted molar refractivity (Wildman–Crippen MR) is 105 cm³/mol. The summed E-state index contributed by atoms with van der Waals surface area (Å²) in [5.74, 6) is -1.68. The van der Waals surface area contributed by atoms with E-state index in [-0.39, 0.29) is 31.1 Å². The number of carbonyl (C=O) groups is 3. The van der Waals surface area contributed by atoms with Gasteiger partial charge in [0.15, 0.2) is 0 Å². The quantitative estimate of drug-likeness (QED) is 0.626. The van der Waals surface area contributed by atoms with Gasteiger partial charge in [-0.15, -0.1) is 0 Å². The molecule has 28 heavy (non-hydrogen) atoms. The number of esters is 1. The van der Waals surface area contributed by atoms with Gasteiger partial charge in [0.2, 0.25) is 5.91 Å². The van der Waals surface area contributed by atoms with Crippen molar-refractivity contribution in [2.75, 3.05) is 13.2 Å². The Balaban J connectivity index is 2.10. The van der Waals surface area contributed by atoms with Crippen LogP contribution in [0.3, 0.4) is 0 Å². The van der Waals surface area contributed by atoms with Gasteiger partial charge in [-0.05, 0) is 51.5 Å². The molecule has 0 bridgehead atoms. The second kappa shape index (κ2) is 10.8. The predicted octanol–water partition coefficient (Wildman–Crippen LogP) is 1.99. The molecule has 7 heteroatoms. The molecule has 3 atom stereocenters. The second-order valence-corrected chi connectivity index (χ2v) is 7.19.